The van der Waals surface area contributed by atoms with Crippen LogP contribution in [0.5, 0.6) is 0 Å². The fraction of sp³-hybridized carbons (Fsp3) is 0.294. The van der Waals surface area contributed by atoms with E-state index in [9.17, 15) is 14.0 Å². The highest BCUT2D eigenvalue weighted by atomic mass is 19.1. The van der Waals surface area contributed by atoms with Crippen molar-refractivity contribution in [3.8, 4) is 0 Å². The van der Waals surface area contributed by atoms with E-state index in [-0.39, 0.29) is 12.1 Å². The van der Waals surface area contributed by atoms with Crippen molar-refractivity contribution in [1.29, 1.82) is 0 Å². The van der Waals surface area contributed by atoms with Gasteiger partial charge in [0.2, 0.25) is 0 Å². The summed E-state index contributed by atoms with van der Waals surface area (Å²) in [6.07, 6.45) is 1.57. The topological polar surface area (TPSA) is 60.3 Å². The van der Waals surface area contributed by atoms with E-state index in [4.69, 9.17) is 4.74 Å². The predicted molar refractivity (Wildman–Crippen MR) is 84.8 cm³/mol. The first-order valence-electron chi connectivity index (χ1n) is 7.13. The van der Waals surface area contributed by atoms with Crippen LogP contribution < -0.4 is 10.9 Å². The van der Waals surface area contributed by atoms with Crippen LogP contribution in [0.2, 0.25) is 0 Å². The molecular weight excluding hydrogens is 299 g/mol. The molecule has 0 fully saturated rings. The maximum absolute atomic E-state index is 14.0. The normalized spacial score (nSPS) is 13.4. The van der Waals surface area contributed by atoms with E-state index in [1.165, 1.54) is 23.8 Å². The number of hydrogen-bond donors (Lipinski definition) is 1. The summed E-state index contributed by atoms with van der Waals surface area (Å²) in [5.41, 5.74) is -1.07. The monoisotopic (exact) mass is 318 g/mol. The van der Waals surface area contributed by atoms with E-state index in [1.807, 2.05) is 0 Å². The number of benzene rings is 1. The Morgan fingerprint density at radius 3 is 2.65 bits per heavy atom. The van der Waals surface area contributed by atoms with Crippen molar-refractivity contribution in [3.63, 3.8) is 0 Å². The second-order valence-electron chi connectivity index (χ2n) is 5.44. The molecule has 1 heterocycles. The smallest absolute Gasteiger partial charge is 0.263 e. The van der Waals surface area contributed by atoms with Gasteiger partial charge in [0.1, 0.15) is 17.0 Å². The molecule has 1 aromatic heterocycles. The van der Waals surface area contributed by atoms with Gasteiger partial charge in [0.15, 0.2) is 0 Å². The van der Waals surface area contributed by atoms with Crippen LogP contribution in [0, 0.1) is 5.82 Å². The molecule has 1 amide bonds. The molecule has 0 aliphatic carbocycles. The second kappa shape index (κ2) is 6.75. The lowest BCUT2D eigenvalue weighted by Crippen LogP contribution is -2.42. The quantitative estimate of drug-likeness (QED) is 0.915. The van der Waals surface area contributed by atoms with Crippen LogP contribution in [0.4, 0.5) is 4.39 Å². The Morgan fingerprint density at radius 2 is 2.00 bits per heavy atom. The van der Waals surface area contributed by atoms with Crippen molar-refractivity contribution < 1.29 is 13.9 Å². The first-order valence-corrected chi connectivity index (χ1v) is 7.13. The molecule has 0 bridgehead atoms. The Bertz CT molecular complexity index is 772. The van der Waals surface area contributed by atoms with Gasteiger partial charge in [-0.2, -0.15) is 0 Å². The molecule has 1 unspecified atom stereocenters. The lowest BCUT2D eigenvalue weighted by atomic mass is 9.95. The Balaban J connectivity index is 2.21. The van der Waals surface area contributed by atoms with Gasteiger partial charge in [-0.1, -0.05) is 18.2 Å². The molecule has 0 spiro atoms. The summed E-state index contributed by atoms with van der Waals surface area (Å²) in [7, 11) is 3.01. The van der Waals surface area contributed by atoms with E-state index in [0.29, 0.717) is 5.56 Å². The van der Waals surface area contributed by atoms with Crippen LogP contribution in [0.25, 0.3) is 0 Å². The fourth-order valence-corrected chi connectivity index (χ4v) is 2.28. The zero-order chi connectivity index (χ0) is 17.0. The van der Waals surface area contributed by atoms with Crippen molar-refractivity contribution in [2.24, 2.45) is 7.05 Å². The molecule has 122 valence electrons. The van der Waals surface area contributed by atoms with Crippen molar-refractivity contribution in [3.05, 3.63) is 69.9 Å². The van der Waals surface area contributed by atoms with Crippen LogP contribution in [-0.2, 0) is 17.4 Å². The van der Waals surface area contributed by atoms with Crippen molar-refractivity contribution in [2.45, 2.75) is 12.5 Å². The average Bonchev–Trinajstić information content (AvgIpc) is 2.55. The molecule has 1 aromatic carbocycles. The van der Waals surface area contributed by atoms with Gasteiger partial charge in [-0.15, -0.1) is 0 Å². The lowest BCUT2D eigenvalue weighted by molar-refractivity contribution is 0.000372. The largest absolute Gasteiger partial charge is 0.372 e. The third kappa shape index (κ3) is 3.48. The van der Waals surface area contributed by atoms with Gasteiger partial charge in [0.05, 0.1) is 6.54 Å². The fourth-order valence-electron chi connectivity index (χ4n) is 2.28. The van der Waals surface area contributed by atoms with Crippen LogP contribution in [0.3, 0.4) is 0 Å². The molecular formula is C17H19FN2O3. The van der Waals surface area contributed by atoms with E-state index < -0.39 is 22.9 Å². The third-order valence-electron chi connectivity index (χ3n) is 3.85. The number of rotatable bonds is 5. The predicted octanol–water partition coefficient (Wildman–Crippen LogP) is 1.82. The lowest BCUT2D eigenvalue weighted by Gasteiger charge is -2.29. The summed E-state index contributed by atoms with van der Waals surface area (Å²) in [5.74, 6) is -0.937. The number of halogens is 1. The summed E-state index contributed by atoms with van der Waals surface area (Å²) < 4.78 is 20.7. The van der Waals surface area contributed by atoms with Gasteiger partial charge in [-0.05, 0) is 25.1 Å². The molecule has 2 rings (SSSR count). The molecule has 0 radical (unpaired) electrons. The minimum absolute atomic E-state index is 0.0291. The molecule has 2 aromatic rings. The van der Waals surface area contributed by atoms with E-state index in [2.05, 4.69) is 5.32 Å². The number of hydrogen-bond acceptors (Lipinski definition) is 3. The summed E-state index contributed by atoms with van der Waals surface area (Å²) in [5, 5.41) is 2.64. The number of nitrogens with zero attached hydrogens (tertiary/aromatic N) is 1. The number of pyridine rings is 1. The number of nitrogens with one attached hydrogen (secondary N) is 1. The van der Waals surface area contributed by atoms with Gasteiger partial charge in [-0.25, -0.2) is 4.39 Å². The zero-order valence-electron chi connectivity index (χ0n) is 13.3. The Kier molecular flexibility index (Phi) is 4.95. The molecule has 0 aliphatic rings. The summed E-state index contributed by atoms with van der Waals surface area (Å²) in [4.78, 5) is 24.2. The summed E-state index contributed by atoms with van der Waals surface area (Å²) in [6.45, 7) is 1.70. The molecule has 23 heavy (non-hydrogen) atoms. The molecule has 1 atom stereocenters. The number of methoxy groups -OCH3 is 1. The minimum Gasteiger partial charge on any atom is -0.372 e. The maximum Gasteiger partial charge on any atom is 0.263 e. The summed E-state index contributed by atoms with van der Waals surface area (Å²) in [6, 6.07) is 9.28. The average molecular weight is 318 g/mol. The molecule has 0 saturated heterocycles. The first kappa shape index (κ1) is 16.9. The minimum atomic E-state index is -1.04. The van der Waals surface area contributed by atoms with Crippen molar-refractivity contribution >= 4 is 5.91 Å². The number of aryl methyl sites for hydroxylation is 1. The SMILES string of the molecule is COC(C)(CNC(=O)c1cccn(C)c1=O)c1ccccc1F. The van der Waals surface area contributed by atoms with E-state index in [1.54, 1.807) is 44.4 Å². The highest BCUT2D eigenvalue weighted by molar-refractivity contribution is 5.93. The van der Waals surface area contributed by atoms with Gasteiger partial charge in [-0.3, -0.25) is 9.59 Å². The molecule has 1 N–H and O–H groups in total. The number of aromatic nitrogens is 1. The maximum atomic E-state index is 14.0. The first-order chi connectivity index (χ1) is 10.9. The highest BCUT2D eigenvalue weighted by Gasteiger charge is 2.30. The molecule has 0 saturated carbocycles. The van der Waals surface area contributed by atoms with Crippen LogP contribution in [0.15, 0.2) is 47.4 Å². The number of amides is 1. The van der Waals surface area contributed by atoms with E-state index >= 15 is 0 Å². The Labute approximate surface area is 133 Å². The van der Waals surface area contributed by atoms with Gasteiger partial charge >= 0.3 is 0 Å². The Morgan fingerprint density at radius 1 is 1.30 bits per heavy atom. The van der Waals surface area contributed by atoms with Crippen molar-refractivity contribution in [1.82, 2.24) is 9.88 Å². The second-order valence-corrected chi connectivity index (χ2v) is 5.44. The van der Waals surface area contributed by atoms with Gasteiger partial charge in [0, 0.05) is 25.9 Å². The molecule has 6 heteroatoms. The van der Waals surface area contributed by atoms with Gasteiger partial charge in [0.25, 0.3) is 11.5 Å². The van der Waals surface area contributed by atoms with Crippen LogP contribution >= 0.6 is 0 Å². The van der Waals surface area contributed by atoms with Crippen LogP contribution in [-0.4, -0.2) is 24.1 Å². The van der Waals surface area contributed by atoms with Gasteiger partial charge < -0.3 is 14.6 Å². The zero-order valence-corrected chi connectivity index (χ0v) is 13.3. The number of ether oxygens (including phenoxy) is 1. The standard InChI is InChI=1S/C17H19FN2O3/c1-17(23-3,13-8-4-5-9-14(13)18)11-19-15(21)12-7-6-10-20(2)16(12)22/h4-10H,11H2,1-3H3,(H,19,21). The highest BCUT2D eigenvalue weighted by Crippen LogP contribution is 2.26. The number of carbonyl (C=O) groups is 1. The summed E-state index contributed by atoms with van der Waals surface area (Å²) >= 11 is 0. The van der Waals surface area contributed by atoms with Crippen LogP contribution in [0.1, 0.15) is 22.8 Å². The number of carbonyl (C=O) groups excluding carboxylic acids is 1. The molecule has 5 nitrogen and oxygen atoms in total. The Hall–Kier alpha value is -2.47. The third-order valence-corrected chi connectivity index (χ3v) is 3.85. The molecule has 0 aliphatic heterocycles. The van der Waals surface area contributed by atoms with Crippen molar-refractivity contribution in [2.75, 3.05) is 13.7 Å². The van der Waals surface area contributed by atoms with E-state index in [0.717, 1.165) is 0 Å².